The molecule has 108 valence electrons. The number of furan rings is 1. The Morgan fingerprint density at radius 3 is 2.75 bits per heavy atom. The van der Waals surface area contributed by atoms with Crippen LogP contribution >= 0.6 is 0 Å². The highest BCUT2D eigenvalue weighted by atomic mass is 32.2. The highest BCUT2D eigenvalue weighted by molar-refractivity contribution is 7.89. The summed E-state index contributed by atoms with van der Waals surface area (Å²) in [5.41, 5.74) is 6.11. The number of nitrogen functional groups attached to an aromatic ring is 1. The molecule has 1 aromatic heterocycles. The van der Waals surface area contributed by atoms with Gasteiger partial charge in [-0.3, -0.25) is 0 Å². The minimum absolute atomic E-state index is 0.0341. The molecule has 0 aliphatic carbocycles. The van der Waals surface area contributed by atoms with Crippen LogP contribution < -0.4 is 15.2 Å². The predicted molar refractivity (Wildman–Crippen MR) is 70.1 cm³/mol. The van der Waals surface area contributed by atoms with Crippen molar-refractivity contribution in [2.24, 2.45) is 0 Å². The number of hydrogen-bond acceptors (Lipinski definition) is 5. The van der Waals surface area contributed by atoms with Gasteiger partial charge in [-0.15, -0.1) is 0 Å². The van der Waals surface area contributed by atoms with E-state index in [1.54, 1.807) is 6.07 Å². The van der Waals surface area contributed by atoms with E-state index in [1.165, 1.54) is 19.6 Å². The molecular weight excluding hydrogens is 287 g/mol. The highest BCUT2D eigenvalue weighted by Gasteiger charge is 2.19. The fourth-order valence-corrected chi connectivity index (χ4v) is 2.68. The van der Waals surface area contributed by atoms with Crippen LogP contribution in [0.5, 0.6) is 5.75 Å². The van der Waals surface area contributed by atoms with E-state index < -0.39 is 15.8 Å². The molecule has 0 radical (unpaired) electrons. The van der Waals surface area contributed by atoms with Crippen molar-refractivity contribution in [1.29, 1.82) is 0 Å². The third-order valence-electron chi connectivity index (χ3n) is 2.61. The van der Waals surface area contributed by atoms with Crippen LogP contribution in [0.15, 0.2) is 40.0 Å². The maximum Gasteiger partial charge on any atom is 0.241 e. The van der Waals surface area contributed by atoms with E-state index in [1.807, 2.05) is 0 Å². The first kappa shape index (κ1) is 14.4. The Morgan fingerprint density at radius 1 is 1.45 bits per heavy atom. The lowest BCUT2D eigenvalue weighted by molar-refractivity contribution is 0.388. The van der Waals surface area contributed by atoms with E-state index >= 15 is 0 Å². The van der Waals surface area contributed by atoms with E-state index in [0.717, 1.165) is 12.1 Å². The largest absolute Gasteiger partial charge is 0.492 e. The van der Waals surface area contributed by atoms with Gasteiger partial charge in [-0.1, -0.05) is 0 Å². The third kappa shape index (κ3) is 2.91. The first-order valence-corrected chi connectivity index (χ1v) is 7.06. The van der Waals surface area contributed by atoms with E-state index in [2.05, 4.69) is 4.72 Å². The van der Waals surface area contributed by atoms with Crippen LogP contribution in [0.25, 0.3) is 0 Å². The molecule has 20 heavy (non-hydrogen) atoms. The maximum absolute atomic E-state index is 13.6. The Hall–Kier alpha value is -2.06. The normalized spacial score (nSPS) is 11.5. The van der Waals surface area contributed by atoms with Crippen LogP contribution in [-0.4, -0.2) is 15.5 Å². The lowest BCUT2D eigenvalue weighted by Gasteiger charge is -2.10. The molecule has 2 aromatic rings. The fraction of sp³-hybridized carbons (Fsp3) is 0.167. The molecule has 0 aliphatic heterocycles. The quantitative estimate of drug-likeness (QED) is 0.816. The van der Waals surface area contributed by atoms with Gasteiger partial charge in [0.25, 0.3) is 0 Å². The standard InChI is InChI=1S/C12H13FN2O4S/c1-18-12-10(13)4-9(5-11(12)14)20(16,17)15-6-8-2-3-19-7-8/h2-5,7,15H,6,14H2,1H3. The molecule has 3 N–H and O–H groups in total. The lowest BCUT2D eigenvalue weighted by Crippen LogP contribution is -2.23. The van der Waals surface area contributed by atoms with Crippen molar-refractivity contribution < 1.29 is 22.0 Å². The molecule has 6 nitrogen and oxygen atoms in total. The fourth-order valence-electron chi connectivity index (χ4n) is 1.61. The van der Waals surface area contributed by atoms with Gasteiger partial charge in [0.15, 0.2) is 11.6 Å². The van der Waals surface area contributed by atoms with Crippen molar-refractivity contribution in [1.82, 2.24) is 4.72 Å². The van der Waals surface area contributed by atoms with Gasteiger partial charge in [-0.2, -0.15) is 0 Å². The van der Waals surface area contributed by atoms with Crippen LogP contribution in [0.2, 0.25) is 0 Å². The number of sulfonamides is 1. The molecule has 0 amide bonds. The smallest absolute Gasteiger partial charge is 0.241 e. The molecule has 0 saturated carbocycles. The number of halogens is 1. The number of hydrogen-bond donors (Lipinski definition) is 2. The molecule has 0 bridgehead atoms. The van der Waals surface area contributed by atoms with E-state index in [4.69, 9.17) is 14.9 Å². The zero-order valence-corrected chi connectivity index (χ0v) is 11.4. The van der Waals surface area contributed by atoms with Crippen LogP contribution in [0.4, 0.5) is 10.1 Å². The lowest BCUT2D eigenvalue weighted by atomic mass is 10.3. The molecule has 1 heterocycles. The number of rotatable bonds is 5. The molecule has 8 heteroatoms. The first-order chi connectivity index (χ1) is 9.44. The summed E-state index contributed by atoms with van der Waals surface area (Å²) in [5, 5.41) is 0. The number of nitrogens with one attached hydrogen (secondary N) is 1. The number of ether oxygens (including phenoxy) is 1. The summed E-state index contributed by atoms with van der Waals surface area (Å²) in [5.74, 6) is -1.02. The van der Waals surface area contributed by atoms with Crippen LogP contribution in [-0.2, 0) is 16.6 Å². The summed E-state index contributed by atoms with van der Waals surface area (Å²) < 4.78 is 49.6. The van der Waals surface area contributed by atoms with E-state index in [0.29, 0.717) is 5.56 Å². The van der Waals surface area contributed by atoms with Crippen molar-refractivity contribution in [2.45, 2.75) is 11.4 Å². The molecule has 0 aliphatic rings. The van der Waals surface area contributed by atoms with E-state index in [-0.39, 0.29) is 22.9 Å². The molecule has 0 spiro atoms. The monoisotopic (exact) mass is 300 g/mol. The second kappa shape index (κ2) is 5.51. The Kier molecular flexibility index (Phi) is 3.96. The number of benzene rings is 1. The van der Waals surface area contributed by atoms with Gasteiger partial charge >= 0.3 is 0 Å². The zero-order chi connectivity index (χ0) is 14.8. The summed E-state index contributed by atoms with van der Waals surface area (Å²) >= 11 is 0. The van der Waals surface area contributed by atoms with Crippen molar-refractivity contribution in [3.8, 4) is 5.75 Å². The van der Waals surface area contributed by atoms with Crippen LogP contribution in [0.1, 0.15) is 5.56 Å². The van der Waals surface area contributed by atoms with Gasteiger partial charge in [0.05, 0.1) is 30.2 Å². The van der Waals surface area contributed by atoms with Gasteiger partial charge in [-0.05, 0) is 18.2 Å². The van der Waals surface area contributed by atoms with Gasteiger partial charge in [0.1, 0.15) is 0 Å². The Balaban J connectivity index is 2.25. The Bertz CT molecular complexity index is 675. The third-order valence-corrected chi connectivity index (χ3v) is 3.99. The van der Waals surface area contributed by atoms with E-state index in [9.17, 15) is 12.8 Å². The summed E-state index contributed by atoms with van der Waals surface area (Å²) in [6, 6.07) is 3.61. The summed E-state index contributed by atoms with van der Waals surface area (Å²) in [7, 11) is -2.62. The molecule has 0 atom stereocenters. The molecule has 0 saturated heterocycles. The molecular formula is C12H13FN2O4S. The number of nitrogens with two attached hydrogens (primary N) is 1. The predicted octanol–water partition coefficient (Wildman–Crippen LogP) is 1.49. The van der Waals surface area contributed by atoms with Crippen molar-refractivity contribution in [2.75, 3.05) is 12.8 Å². The Labute approximate surface area is 115 Å². The molecule has 1 aromatic carbocycles. The van der Waals surface area contributed by atoms with Crippen LogP contribution in [0, 0.1) is 5.82 Å². The van der Waals surface area contributed by atoms with Crippen molar-refractivity contribution in [3.63, 3.8) is 0 Å². The van der Waals surface area contributed by atoms with Crippen LogP contribution in [0.3, 0.4) is 0 Å². The number of anilines is 1. The summed E-state index contributed by atoms with van der Waals surface area (Å²) in [6.45, 7) is 0.0341. The zero-order valence-electron chi connectivity index (χ0n) is 10.6. The summed E-state index contributed by atoms with van der Waals surface area (Å²) in [6.07, 6.45) is 2.83. The topological polar surface area (TPSA) is 94.6 Å². The average molecular weight is 300 g/mol. The summed E-state index contributed by atoms with van der Waals surface area (Å²) in [4.78, 5) is -0.267. The van der Waals surface area contributed by atoms with Gasteiger partial charge in [-0.25, -0.2) is 17.5 Å². The highest BCUT2D eigenvalue weighted by Crippen LogP contribution is 2.28. The van der Waals surface area contributed by atoms with Crippen molar-refractivity contribution >= 4 is 15.7 Å². The van der Waals surface area contributed by atoms with Gasteiger partial charge < -0.3 is 14.9 Å². The molecule has 0 fully saturated rings. The minimum atomic E-state index is -3.87. The second-order valence-electron chi connectivity index (χ2n) is 3.98. The SMILES string of the molecule is COc1c(N)cc(S(=O)(=O)NCc2ccoc2)cc1F. The first-order valence-electron chi connectivity index (χ1n) is 5.58. The Morgan fingerprint density at radius 2 is 2.20 bits per heavy atom. The average Bonchev–Trinajstić information content (AvgIpc) is 2.89. The second-order valence-corrected chi connectivity index (χ2v) is 5.75. The van der Waals surface area contributed by atoms with Crippen molar-refractivity contribution in [3.05, 3.63) is 42.1 Å². The molecule has 0 unspecified atom stereocenters. The van der Waals surface area contributed by atoms with Gasteiger partial charge in [0.2, 0.25) is 10.0 Å². The number of methoxy groups -OCH3 is 1. The molecule has 2 rings (SSSR count). The maximum atomic E-state index is 13.6. The van der Waals surface area contributed by atoms with Gasteiger partial charge in [0, 0.05) is 12.1 Å². The minimum Gasteiger partial charge on any atom is -0.492 e.